The van der Waals surface area contributed by atoms with Gasteiger partial charge in [0, 0.05) is 30.9 Å². The van der Waals surface area contributed by atoms with Crippen molar-refractivity contribution in [3.8, 4) is 11.1 Å². The second-order valence-corrected chi connectivity index (χ2v) is 7.47. The maximum Gasteiger partial charge on any atom is 0.330 e. The molecule has 0 spiro atoms. The van der Waals surface area contributed by atoms with E-state index in [-0.39, 0.29) is 11.6 Å². The zero-order valence-electron chi connectivity index (χ0n) is 18.8. The number of nitrogens with zero attached hydrogens (tertiary/aromatic N) is 1. The van der Waals surface area contributed by atoms with Gasteiger partial charge in [0.1, 0.15) is 11.6 Å². The summed E-state index contributed by atoms with van der Waals surface area (Å²) in [6, 6.07) is 9.02. The predicted molar refractivity (Wildman–Crippen MR) is 123 cm³/mol. The number of nitrogens with one attached hydrogen (secondary N) is 1. The van der Waals surface area contributed by atoms with Gasteiger partial charge in [-0.15, -0.1) is 0 Å². The van der Waals surface area contributed by atoms with Crippen LogP contribution in [-0.2, 0) is 9.53 Å². The molecule has 0 saturated heterocycles. The Kier molecular flexibility index (Phi) is 9.85. The molecule has 2 aromatic carbocycles. The van der Waals surface area contributed by atoms with E-state index in [0.717, 1.165) is 31.4 Å². The van der Waals surface area contributed by atoms with Gasteiger partial charge in [0.15, 0.2) is 0 Å². The second-order valence-electron chi connectivity index (χ2n) is 7.47. The molecular formula is C25H30F2N2O3. The number of amides is 2. The molecule has 172 valence electrons. The molecule has 1 N–H and O–H groups in total. The van der Waals surface area contributed by atoms with Crippen LogP contribution in [0.4, 0.5) is 19.3 Å². The number of anilines is 1. The second kappa shape index (κ2) is 12.6. The Bertz CT molecular complexity index is 937. The van der Waals surface area contributed by atoms with Crippen molar-refractivity contribution < 1.29 is 23.1 Å². The summed E-state index contributed by atoms with van der Waals surface area (Å²) in [5.41, 5.74) is 1.15. The van der Waals surface area contributed by atoms with Crippen molar-refractivity contribution in [3.63, 3.8) is 0 Å². The van der Waals surface area contributed by atoms with Crippen molar-refractivity contribution in [2.24, 2.45) is 0 Å². The van der Waals surface area contributed by atoms with Gasteiger partial charge in [0.05, 0.1) is 7.11 Å². The third-order valence-corrected chi connectivity index (χ3v) is 5.09. The van der Waals surface area contributed by atoms with Gasteiger partial charge in [0.2, 0.25) is 0 Å². The fourth-order valence-electron chi connectivity index (χ4n) is 3.18. The smallest absolute Gasteiger partial charge is 0.330 e. The topological polar surface area (TPSA) is 58.6 Å². The van der Waals surface area contributed by atoms with Crippen LogP contribution < -0.4 is 10.2 Å². The highest BCUT2D eigenvalue weighted by atomic mass is 19.1. The number of urea groups is 1. The maximum atomic E-state index is 14.5. The molecule has 0 aliphatic carbocycles. The summed E-state index contributed by atoms with van der Waals surface area (Å²) in [6.45, 7) is 2.76. The number of carbonyl (C=O) groups excluding carboxylic acids is 2. The Morgan fingerprint density at radius 3 is 2.38 bits per heavy atom. The Hall–Kier alpha value is -3.22. The van der Waals surface area contributed by atoms with Gasteiger partial charge in [-0.25, -0.2) is 18.4 Å². The third kappa shape index (κ3) is 7.18. The van der Waals surface area contributed by atoms with Gasteiger partial charge in [-0.2, -0.15) is 0 Å². The average Bonchev–Trinajstić information content (AvgIpc) is 2.79. The quantitative estimate of drug-likeness (QED) is 0.281. The number of rotatable bonds is 10. The Balaban J connectivity index is 2.11. The van der Waals surface area contributed by atoms with E-state index in [1.54, 1.807) is 31.3 Å². The van der Waals surface area contributed by atoms with Gasteiger partial charge in [0.25, 0.3) is 0 Å². The summed E-state index contributed by atoms with van der Waals surface area (Å²) < 4.78 is 33.4. The lowest BCUT2D eigenvalue weighted by Gasteiger charge is -2.19. The molecule has 0 aliphatic heterocycles. The standard InChI is InChI=1S/C25H30F2N2O3/c1-4-5-6-7-8-14-28-25(31)29(2)20-11-9-10-18(15-20)19-16-22(26)21(23(27)17-19)12-13-24(30)32-3/h9-13,15-17H,4-8,14H2,1-3H3,(H,28,31). The number of benzene rings is 2. The van der Waals surface area contributed by atoms with Gasteiger partial charge in [-0.1, -0.05) is 44.7 Å². The molecule has 0 heterocycles. The first kappa shape index (κ1) is 25.0. The van der Waals surface area contributed by atoms with Crippen molar-refractivity contribution in [1.82, 2.24) is 5.32 Å². The van der Waals surface area contributed by atoms with Crippen LogP contribution in [0, 0.1) is 11.6 Å². The minimum absolute atomic E-state index is 0.238. The fraction of sp³-hybridized carbons (Fsp3) is 0.360. The van der Waals surface area contributed by atoms with Crippen LogP contribution in [0.2, 0.25) is 0 Å². The zero-order valence-corrected chi connectivity index (χ0v) is 18.8. The molecule has 0 saturated carbocycles. The minimum atomic E-state index is -0.806. The average molecular weight is 445 g/mol. The van der Waals surface area contributed by atoms with Crippen molar-refractivity contribution >= 4 is 23.8 Å². The first-order valence-corrected chi connectivity index (χ1v) is 10.7. The number of ether oxygens (including phenoxy) is 1. The Morgan fingerprint density at radius 1 is 1.03 bits per heavy atom. The molecule has 32 heavy (non-hydrogen) atoms. The van der Waals surface area contributed by atoms with E-state index in [1.807, 2.05) is 0 Å². The SMILES string of the molecule is CCCCCCCNC(=O)N(C)c1cccc(-c2cc(F)c(C=CC(=O)OC)c(F)c2)c1. The van der Waals surface area contributed by atoms with Crippen LogP contribution in [0.15, 0.2) is 42.5 Å². The van der Waals surface area contributed by atoms with E-state index in [9.17, 15) is 18.4 Å². The van der Waals surface area contributed by atoms with Crippen LogP contribution in [0.3, 0.4) is 0 Å². The molecule has 0 aliphatic rings. The number of halogens is 2. The summed E-state index contributed by atoms with van der Waals surface area (Å²) in [6.07, 6.45) is 7.53. The summed E-state index contributed by atoms with van der Waals surface area (Å²) in [5, 5.41) is 2.89. The van der Waals surface area contributed by atoms with Gasteiger partial charge in [-0.3, -0.25) is 4.90 Å². The number of carbonyl (C=O) groups is 2. The van der Waals surface area contributed by atoms with Crippen molar-refractivity contribution in [1.29, 1.82) is 0 Å². The Labute approximate surface area is 188 Å². The van der Waals surface area contributed by atoms with Crippen molar-refractivity contribution in [2.75, 3.05) is 25.6 Å². The summed E-state index contributed by atoms with van der Waals surface area (Å²) in [4.78, 5) is 25.1. The Morgan fingerprint density at radius 2 is 1.72 bits per heavy atom. The van der Waals surface area contributed by atoms with Crippen LogP contribution in [0.25, 0.3) is 17.2 Å². The van der Waals surface area contributed by atoms with Crippen LogP contribution >= 0.6 is 0 Å². The highest BCUT2D eigenvalue weighted by Crippen LogP contribution is 2.28. The molecular weight excluding hydrogens is 414 g/mol. The monoisotopic (exact) mass is 444 g/mol. The molecule has 2 aromatic rings. The van der Waals surface area contributed by atoms with Gasteiger partial charge >= 0.3 is 12.0 Å². The number of hydrogen-bond acceptors (Lipinski definition) is 3. The summed E-state index contributed by atoms with van der Waals surface area (Å²) in [7, 11) is 2.83. The van der Waals surface area contributed by atoms with Crippen LogP contribution in [-0.4, -0.2) is 32.7 Å². The van der Waals surface area contributed by atoms with Crippen molar-refractivity contribution in [3.05, 3.63) is 59.7 Å². The van der Waals surface area contributed by atoms with E-state index in [2.05, 4.69) is 17.0 Å². The molecule has 5 nitrogen and oxygen atoms in total. The number of methoxy groups -OCH3 is 1. The molecule has 0 unspecified atom stereocenters. The molecule has 0 radical (unpaired) electrons. The summed E-state index contributed by atoms with van der Waals surface area (Å²) >= 11 is 0. The highest BCUT2D eigenvalue weighted by Gasteiger charge is 2.14. The predicted octanol–water partition coefficient (Wildman–Crippen LogP) is 5.93. The highest BCUT2D eigenvalue weighted by molar-refractivity contribution is 5.92. The first-order chi connectivity index (χ1) is 15.4. The first-order valence-electron chi connectivity index (χ1n) is 10.7. The normalized spacial score (nSPS) is 10.9. The largest absolute Gasteiger partial charge is 0.466 e. The van der Waals surface area contributed by atoms with E-state index < -0.39 is 17.6 Å². The molecule has 2 rings (SSSR count). The lowest BCUT2D eigenvalue weighted by atomic mass is 10.0. The van der Waals surface area contributed by atoms with E-state index in [4.69, 9.17) is 0 Å². The van der Waals surface area contributed by atoms with E-state index in [0.29, 0.717) is 23.4 Å². The van der Waals surface area contributed by atoms with Gasteiger partial charge in [-0.05, 0) is 47.9 Å². The molecule has 0 fully saturated rings. The third-order valence-electron chi connectivity index (χ3n) is 5.09. The van der Waals surface area contributed by atoms with E-state index in [1.165, 1.54) is 37.0 Å². The number of hydrogen-bond donors (Lipinski definition) is 1. The lowest BCUT2D eigenvalue weighted by molar-refractivity contribution is -0.134. The van der Waals surface area contributed by atoms with E-state index >= 15 is 0 Å². The summed E-state index contributed by atoms with van der Waals surface area (Å²) in [5.74, 6) is -2.32. The van der Waals surface area contributed by atoms with Crippen LogP contribution in [0.1, 0.15) is 44.6 Å². The molecule has 0 bridgehead atoms. The lowest BCUT2D eigenvalue weighted by Crippen LogP contribution is -2.37. The fourth-order valence-corrected chi connectivity index (χ4v) is 3.18. The van der Waals surface area contributed by atoms with Gasteiger partial charge < -0.3 is 10.1 Å². The molecule has 0 atom stereocenters. The minimum Gasteiger partial charge on any atom is -0.466 e. The molecule has 7 heteroatoms. The molecule has 2 amide bonds. The molecule has 0 aromatic heterocycles. The number of unbranched alkanes of at least 4 members (excludes halogenated alkanes) is 4. The van der Waals surface area contributed by atoms with Crippen molar-refractivity contribution in [2.45, 2.75) is 39.0 Å². The van der Waals surface area contributed by atoms with Crippen LogP contribution in [0.5, 0.6) is 0 Å². The number of esters is 1. The zero-order chi connectivity index (χ0) is 23.5. The maximum absolute atomic E-state index is 14.5.